The molecule has 0 atom stereocenters. The molecular weight excluding hydrogens is 142 g/mol. The fourth-order valence-electron chi connectivity index (χ4n) is 0.375. The summed E-state index contributed by atoms with van der Waals surface area (Å²) in [5.41, 5.74) is 0. The molecule has 0 aliphatic rings. The van der Waals surface area contributed by atoms with Crippen LogP contribution in [0, 0.1) is 0 Å². The first kappa shape index (κ1) is 12.4. The summed E-state index contributed by atoms with van der Waals surface area (Å²) < 4.78 is 0. The predicted octanol–water partition coefficient (Wildman–Crippen LogP) is 3.33. The quantitative estimate of drug-likeness (QED) is 0.444. The second kappa shape index (κ2) is 11.5. The summed E-state index contributed by atoms with van der Waals surface area (Å²) in [4.78, 5) is 3.96. The predicted molar refractivity (Wildman–Crippen MR) is 52.8 cm³/mol. The lowest BCUT2D eigenvalue weighted by Crippen LogP contribution is -1.80. The Labute approximate surface area is 68.6 Å². The molecule has 0 spiro atoms. The van der Waals surface area contributed by atoms with Crippen LogP contribution in [0.4, 0.5) is 0 Å². The first-order valence-corrected chi connectivity index (χ1v) is 4.58. The van der Waals surface area contributed by atoms with Crippen LogP contribution in [0.3, 0.4) is 0 Å². The highest BCUT2D eigenvalue weighted by Gasteiger charge is 1.83. The van der Waals surface area contributed by atoms with E-state index in [4.69, 9.17) is 0 Å². The van der Waals surface area contributed by atoms with Gasteiger partial charge in [0.05, 0.1) is 5.04 Å². The van der Waals surface area contributed by atoms with Crippen LogP contribution in [0.25, 0.3) is 0 Å². The SMILES string of the molecule is C=CN=C(C)SCC.CC. The van der Waals surface area contributed by atoms with Gasteiger partial charge in [0.15, 0.2) is 0 Å². The van der Waals surface area contributed by atoms with E-state index in [0.29, 0.717) is 0 Å². The Kier molecular flexibility index (Phi) is 14.4. The third-order valence-electron chi connectivity index (χ3n) is 0.626. The third kappa shape index (κ3) is 10.7. The fraction of sp³-hybridized carbons (Fsp3) is 0.625. The molecule has 0 bridgehead atoms. The Bertz CT molecular complexity index is 97.4. The maximum atomic E-state index is 3.96. The third-order valence-corrected chi connectivity index (χ3v) is 1.44. The molecule has 0 unspecified atom stereocenters. The van der Waals surface area contributed by atoms with Gasteiger partial charge >= 0.3 is 0 Å². The van der Waals surface area contributed by atoms with Gasteiger partial charge in [-0.1, -0.05) is 27.4 Å². The summed E-state index contributed by atoms with van der Waals surface area (Å²) in [6.07, 6.45) is 1.57. The lowest BCUT2D eigenvalue weighted by Gasteiger charge is -1.90. The summed E-state index contributed by atoms with van der Waals surface area (Å²) in [6, 6.07) is 0. The van der Waals surface area contributed by atoms with Gasteiger partial charge in [-0.25, -0.2) is 0 Å². The van der Waals surface area contributed by atoms with Gasteiger partial charge in [0.25, 0.3) is 0 Å². The van der Waals surface area contributed by atoms with Crippen molar-refractivity contribution in [2.24, 2.45) is 4.99 Å². The van der Waals surface area contributed by atoms with Crippen LogP contribution < -0.4 is 0 Å². The normalized spacial score (nSPS) is 9.80. The molecule has 0 aliphatic carbocycles. The van der Waals surface area contributed by atoms with Gasteiger partial charge in [-0.15, -0.1) is 11.8 Å². The van der Waals surface area contributed by atoms with E-state index in [0.717, 1.165) is 10.8 Å². The first-order chi connectivity index (χ1) is 4.81. The van der Waals surface area contributed by atoms with E-state index in [-0.39, 0.29) is 0 Å². The van der Waals surface area contributed by atoms with Gasteiger partial charge in [-0.05, 0) is 12.7 Å². The van der Waals surface area contributed by atoms with Crippen molar-refractivity contribution in [1.29, 1.82) is 0 Å². The minimum atomic E-state index is 1.09. The molecule has 0 fully saturated rings. The number of hydrogen-bond donors (Lipinski definition) is 0. The highest BCUT2D eigenvalue weighted by atomic mass is 32.2. The molecule has 0 aromatic heterocycles. The Morgan fingerprint density at radius 1 is 1.60 bits per heavy atom. The number of thioether (sulfide) groups is 1. The molecule has 0 aliphatic heterocycles. The number of rotatable bonds is 2. The maximum Gasteiger partial charge on any atom is 0.0699 e. The van der Waals surface area contributed by atoms with E-state index >= 15 is 0 Å². The molecule has 1 nitrogen and oxygen atoms in total. The van der Waals surface area contributed by atoms with Crippen LogP contribution in [0.2, 0.25) is 0 Å². The van der Waals surface area contributed by atoms with Crippen molar-refractivity contribution in [2.75, 3.05) is 5.75 Å². The molecule has 2 heteroatoms. The molecule has 0 heterocycles. The Balaban J connectivity index is 0. The van der Waals surface area contributed by atoms with Gasteiger partial charge in [-0.2, -0.15) is 0 Å². The van der Waals surface area contributed by atoms with E-state index < -0.39 is 0 Å². The van der Waals surface area contributed by atoms with Crippen molar-refractivity contribution in [3.05, 3.63) is 12.8 Å². The first-order valence-electron chi connectivity index (χ1n) is 3.59. The molecule has 0 saturated heterocycles. The van der Waals surface area contributed by atoms with Gasteiger partial charge in [-0.3, -0.25) is 4.99 Å². The van der Waals surface area contributed by atoms with Gasteiger partial charge < -0.3 is 0 Å². The lowest BCUT2D eigenvalue weighted by atomic mass is 10.8. The molecule has 0 amide bonds. The second-order valence-electron chi connectivity index (χ2n) is 1.26. The minimum absolute atomic E-state index is 1.09. The summed E-state index contributed by atoms with van der Waals surface area (Å²) >= 11 is 1.73. The molecule has 0 aromatic rings. The van der Waals surface area contributed by atoms with E-state index in [1.54, 1.807) is 18.0 Å². The Morgan fingerprint density at radius 3 is 2.40 bits per heavy atom. The number of hydrogen-bond acceptors (Lipinski definition) is 2. The average Bonchev–Trinajstić information content (AvgIpc) is 1.93. The molecule has 0 saturated carbocycles. The van der Waals surface area contributed by atoms with E-state index in [2.05, 4.69) is 18.5 Å². The number of nitrogens with zero attached hydrogens (tertiary/aromatic N) is 1. The van der Waals surface area contributed by atoms with Crippen molar-refractivity contribution >= 4 is 16.8 Å². The monoisotopic (exact) mass is 159 g/mol. The Morgan fingerprint density at radius 2 is 2.10 bits per heavy atom. The molecular formula is C8H17NS. The number of aliphatic imine (C=N–C) groups is 1. The van der Waals surface area contributed by atoms with Crippen LogP contribution in [-0.2, 0) is 0 Å². The summed E-state index contributed by atoms with van der Waals surface area (Å²) in [6.45, 7) is 11.6. The van der Waals surface area contributed by atoms with Gasteiger partial charge in [0.2, 0.25) is 0 Å². The maximum absolute atomic E-state index is 3.96. The smallest absolute Gasteiger partial charge is 0.0699 e. The van der Waals surface area contributed by atoms with Crippen LogP contribution in [0.15, 0.2) is 17.8 Å². The highest BCUT2D eigenvalue weighted by Crippen LogP contribution is 2.01. The Hall–Kier alpha value is -0.240. The molecule has 10 heavy (non-hydrogen) atoms. The highest BCUT2D eigenvalue weighted by molar-refractivity contribution is 8.13. The largest absolute Gasteiger partial charge is 0.255 e. The van der Waals surface area contributed by atoms with Gasteiger partial charge in [0.1, 0.15) is 0 Å². The fourth-order valence-corrected chi connectivity index (χ4v) is 0.942. The van der Waals surface area contributed by atoms with E-state index in [1.165, 1.54) is 0 Å². The topological polar surface area (TPSA) is 12.4 Å². The van der Waals surface area contributed by atoms with Crippen LogP contribution in [-0.4, -0.2) is 10.8 Å². The van der Waals surface area contributed by atoms with Crippen molar-refractivity contribution in [2.45, 2.75) is 27.7 Å². The summed E-state index contributed by atoms with van der Waals surface area (Å²) in [5.74, 6) is 1.09. The van der Waals surface area contributed by atoms with Crippen LogP contribution >= 0.6 is 11.8 Å². The van der Waals surface area contributed by atoms with Crippen molar-refractivity contribution in [3.63, 3.8) is 0 Å². The molecule has 60 valence electrons. The van der Waals surface area contributed by atoms with Gasteiger partial charge in [0, 0.05) is 6.20 Å². The minimum Gasteiger partial charge on any atom is -0.255 e. The molecule has 0 aromatic carbocycles. The van der Waals surface area contributed by atoms with Crippen molar-refractivity contribution < 1.29 is 0 Å². The van der Waals surface area contributed by atoms with Crippen molar-refractivity contribution in [3.8, 4) is 0 Å². The zero-order valence-electron chi connectivity index (χ0n) is 7.35. The van der Waals surface area contributed by atoms with Crippen LogP contribution in [0.5, 0.6) is 0 Å². The summed E-state index contributed by atoms with van der Waals surface area (Å²) in [5, 5.41) is 1.09. The lowest BCUT2D eigenvalue weighted by molar-refractivity contribution is 1.50. The molecule has 0 N–H and O–H groups in total. The standard InChI is InChI=1S/C6H11NS.C2H6/c1-4-7-6(3)8-5-2;1-2/h4H,1,5H2,2-3H3;1-2H3. The zero-order chi connectivity index (χ0) is 8.41. The summed E-state index contributed by atoms with van der Waals surface area (Å²) in [7, 11) is 0. The average molecular weight is 159 g/mol. The zero-order valence-corrected chi connectivity index (χ0v) is 8.16. The van der Waals surface area contributed by atoms with Crippen molar-refractivity contribution in [1.82, 2.24) is 0 Å². The van der Waals surface area contributed by atoms with Crippen LogP contribution in [0.1, 0.15) is 27.7 Å². The second-order valence-corrected chi connectivity index (χ2v) is 2.72. The molecule has 0 rings (SSSR count). The van der Waals surface area contributed by atoms with E-state index in [1.807, 2.05) is 20.8 Å². The molecule has 0 radical (unpaired) electrons. The van der Waals surface area contributed by atoms with E-state index in [9.17, 15) is 0 Å².